The van der Waals surface area contributed by atoms with Crippen LogP contribution < -0.4 is 21.7 Å². The summed E-state index contributed by atoms with van der Waals surface area (Å²) in [5.41, 5.74) is 7.94. The van der Waals surface area contributed by atoms with Gasteiger partial charge in [-0.3, -0.25) is 14.7 Å². The Hall–Kier alpha value is -3.60. The van der Waals surface area contributed by atoms with Crippen LogP contribution in [0, 0.1) is 12.8 Å². The quantitative estimate of drug-likeness (QED) is 0.353. The van der Waals surface area contributed by atoms with E-state index in [0.29, 0.717) is 11.0 Å². The summed E-state index contributed by atoms with van der Waals surface area (Å²) in [6, 6.07) is 9.16. The Kier molecular flexibility index (Phi) is 5.76. The highest BCUT2D eigenvalue weighted by Gasteiger charge is 2.29. The maximum atomic E-state index is 12.3. The van der Waals surface area contributed by atoms with Crippen molar-refractivity contribution in [3.8, 4) is 0 Å². The average Bonchev–Trinajstić information content (AvgIpc) is 3.53. The summed E-state index contributed by atoms with van der Waals surface area (Å²) < 4.78 is 0. The average molecular weight is 439 g/mol. The van der Waals surface area contributed by atoms with Gasteiger partial charge in [0.2, 0.25) is 5.91 Å². The lowest BCUT2D eigenvalue weighted by Gasteiger charge is -2.12. The first-order valence-corrected chi connectivity index (χ1v) is 10.5. The molecule has 1 fully saturated rings. The van der Waals surface area contributed by atoms with Crippen molar-refractivity contribution in [3.05, 3.63) is 41.7 Å². The topological polar surface area (TPSA) is 151 Å². The monoisotopic (exact) mass is 438 g/mol. The van der Waals surface area contributed by atoms with E-state index in [2.05, 4.69) is 36.1 Å². The molecule has 160 valence electrons. The summed E-state index contributed by atoms with van der Waals surface area (Å²) in [7, 11) is 1.51. The molecule has 3 aromatic rings. The van der Waals surface area contributed by atoms with Gasteiger partial charge in [0.25, 0.3) is 5.91 Å². The van der Waals surface area contributed by atoms with Gasteiger partial charge in [-0.2, -0.15) is 5.10 Å². The van der Waals surface area contributed by atoms with Gasteiger partial charge in [0.05, 0.1) is 0 Å². The fourth-order valence-corrected chi connectivity index (χ4v) is 3.54. The van der Waals surface area contributed by atoms with Gasteiger partial charge < -0.3 is 21.7 Å². The molecule has 31 heavy (non-hydrogen) atoms. The minimum atomic E-state index is -0.416. The normalized spacial score (nSPS) is 13.0. The summed E-state index contributed by atoms with van der Waals surface area (Å²) >= 11 is 1.28. The summed E-state index contributed by atoms with van der Waals surface area (Å²) in [6.07, 6.45) is 1.91. The minimum absolute atomic E-state index is 0.0572. The third kappa shape index (κ3) is 4.94. The molecule has 0 atom stereocenters. The van der Waals surface area contributed by atoms with Gasteiger partial charge in [-0.1, -0.05) is 0 Å². The molecule has 6 N–H and O–H groups in total. The zero-order valence-electron chi connectivity index (χ0n) is 17.0. The SMILES string of the molecule is CNC(=O)c1nc(Sc2ccc(NC(=O)C3CC3)cc2)nc(Nc2cc(C)[nH]n2)c1N. The molecular formula is C20H22N8O2S. The van der Waals surface area contributed by atoms with Crippen molar-refractivity contribution in [2.45, 2.75) is 29.8 Å². The molecular weight excluding hydrogens is 416 g/mol. The van der Waals surface area contributed by atoms with E-state index >= 15 is 0 Å². The molecule has 0 aliphatic heterocycles. The number of amides is 2. The lowest BCUT2D eigenvalue weighted by Crippen LogP contribution is -2.22. The highest BCUT2D eigenvalue weighted by atomic mass is 32.2. The Morgan fingerprint density at radius 2 is 1.94 bits per heavy atom. The summed E-state index contributed by atoms with van der Waals surface area (Å²) in [4.78, 5) is 33.8. The highest BCUT2D eigenvalue weighted by molar-refractivity contribution is 7.99. The Balaban J connectivity index is 1.57. The number of hydrogen-bond acceptors (Lipinski definition) is 8. The van der Waals surface area contributed by atoms with Crippen LogP contribution in [0.25, 0.3) is 0 Å². The van der Waals surface area contributed by atoms with E-state index in [0.717, 1.165) is 29.1 Å². The highest BCUT2D eigenvalue weighted by Crippen LogP contribution is 2.32. The maximum Gasteiger partial charge on any atom is 0.272 e. The molecule has 0 unspecified atom stereocenters. The Bertz CT molecular complexity index is 1120. The molecule has 2 aromatic heterocycles. The van der Waals surface area contributed by atoms with E-state index in [4.69, 9.17) is 5.73 Å². The molecule has 2 amide bonds. The number of carbonyl (C=O) groups excluding carboxylic acids is 2. The molecule has 2 heterocycles. The second kappa shape index (κ2) is 8.64. The predicted octanol–water partition coefficient (Wildman–Crippen LogP) is 2.69. The standard InChI is InChI=1S/C20H22N8O2S/c1-10-9-14(28-27-10)24-17-15(21)16(19(30)22-2)25-20(26-17)31-13-7-5-12(6-8-13)23-18(29)11-3-4-11/h5-9,11H,3-4,21H2,1-2H3,(H,22,30)(H,23,29)(H2,24,25,26,27,28). The van der Waals surface area contributed by atoms with Gasteiger partial charge in [-0.15, -0.1) is 0 Å². The van der Waals surface area contributed by atoms with Crippen molar-refractivity contribution in [3.63, 3.8) is 0 Å². The first-order valence-electron chi connectivity index (χ1n) is 9.70. The second-order valence-corrected chi connectivity index (χ2v) is 8.19. The number of H-pyrrole nitrogens is 1. The van der Waals surface area contributed by atoms with Crippen LogP contribution in [0.2, 0.25) is 0 Å². The van der Waals surface area contributed by atoms with E-state index < -0.39 is 5.91 Å². The third-order valence-electron chi connectivity index (χ3n) is 4.60. The minimum Gasteiger partial charge on any atom is -0.394 e. The van der Waals surface area contributed by atoms with Crippen LogP contribution in [-0.2, 0) is 4.79 Å². The summed E-state index contributed by atoms with van der Waals surface area (Å²) in [5, 5.41) is 15.8. The van der Waals surface area contributed by atoms with Gasteiger partial charge in [0.1, 0.15) is 5.69 Å². The van der Waals surface area contributed by atoms with Crippen LogP contribution in [0.1, 0.15) is 29.0 Å². The lowest BCUT2D eigenvalue weighted by atomic mass is 10.3. The summed E-state index contributed by atoms with van der Waals surface area (Å²) in [6.45, 7) is 1.87. The fraction of sp³-hybridized carbons (Fsp3) is 0.250. The first kappa shape index (κ1) is 20.7. The second-order valence-electron chi connectivity index (χ2n) is 7.15. The van der Waals surface area contributed by atoms with E-state index in [1.54, 1.807) is 6.07 Å². The van der Waals surface area contributed by atoms with Crippen LogP contribution >= 0.6 is 11.8 Å². The number of nitrogen functional groups attached to an aromatic ring is 1. The van der Waals surface area contributed by atoms with Crippen molar-refractivity contribution < 1.29 is 9.59 Å². The molecule has 1 aromatic carbocycles. The van der Waals surface area contributed by atoms with Gasteiger partial charge in [-0.05, 0) is 55.8 Å². The molecule has 0 radical (unpaired) electrons. The number of nitrogens with zero attached hydrogens (tertiary/aromatic N) is 3. The number of benzene rings is 1. The van der Waals surface area contributed by atoms with Crippen molar-refractivity contribution in [2.75, 3.05) is 23.4 Å². The Morgan fingerprint density at radius 3 is 2.55 bits per heavy atom. The van der Waals surface area contributed by atoms with Crippen molar-refractivity contribution in [1.29, 1.82) is 0 Å². The van der Waals surface area contributed by atoms with Gasteiger partial charge >= 0.3 is 0 Å². The number of nitrogens with one attached hydrogen (secondary N) is 4. The smallest absolute Gasteiger partial charge is 0.272 e. The van der Waals surface area contributed by atoms with Crippen LogP contribution in [0.4, 0.5) is 23.0 Å². The lowest BCUT2D eigenvalue weighted by molar-refractivity contribution is -0.117. The number of hydrogen-bond donors (Lipinski definition) is 5. The molecule has 0 spiro atoms. The third-order valence-corrected chi connectivity index (χ3v) is 5.47. The largest absolute Gasteiger partial charge is 0.394 e. The number of aromatic amines is 1. The van der Waals surface area contributed by atoms with E-state index in [-0.39, 0.29) is 29.0 Å². The van der Waals surface area contributed by atoms with E-state index in [9.17, 15) is 9.59 Å². The van der Waals surface area contributed by atoms with E-state index in [1.807, 2.05) is 31.2 Å². The Labute approximate surface area is 182 Å². The first-order chi connectivity index (χ1) is 14.9. The number of nitrogens with two attached hydrogens (primary N) is 1. The summed E-state index contributed by atoms with van der Waals surface area (Å²) in [5.74, 6) is 0.598. The number of aryl methyl sites for hydroxylation is 1. The molecule has 0 bridgehead atoms. The van der Waals surface area contributed by atoms with Gasteiger partial charge in [0, 0.05) is 35.3 Å². The van der Waals surface area contributed by atoms with Gasteiger partial charge in [-0.25, -0.2) is 9.97 Å². The number of aromatic nitrogens is 4. The molecule has 10 nitrogen and oxygen atoms in total. The predicted molar refractivity (Wildman–Crippen MR) is 118 cm³/mol. The molecule has 11 heteroatoms. The maximum absolute atomic E-state index is 12.3. The molecule has 4 rings (SSSR count). The fourth-order valence-electron chi connectivity index (χ4n) is 2.79. The van der Waals surface area contributed by atoms with Crippen LogP contribution in [-0.4, -0.2) is 39.0 Å². The molecule has 1 saturated carbocycles. The zero-order chi connectivity index (χ0) is 22.0. The van der Waals surface area contributed by atoms with Crippen molar-refractivity contribution >= 4 is 46.6 Å². The van der Waals surface area contributed by atoms with Crippen LogP contribution in [0.15, 0.2) is 40.4 Å². The van der Waals surface area contributed by atoms with E-state index in [1.165, 1.54) is 18.8 Å². The van der Waals surface area contributed by atoms with Crippen molar-refractivity contribution in [1.82, 2.24) is 25.5 Å². The van der Waals surface area contributed by atoms with Crippen LogP contribution in [0.5, 0.6) is 0 Å². The molecule has 1 aliphatic rings. The van der Waals surface area contributed by atoms with Crippen LogP contribution in [0.3, 0.4) is 0 Å². The molecule has 1 aliphatic carbocycles. The Morgan fingerprint density at radius 1 is 1.19 bits per heavy atom. The number of anilines is 4. The van der Waals surface area contributed by atoms with Crippen molar-refractivity contribution in [2.24, 2.45) is 5.92 Å². The number of carbonyl (C=O) groups is 2. The number of rotatable bonds is 7. The zero-order valence-corrected chi connectivity index (χ0v) is 17.8. The van der Waals surface area contributed by atoms with Gasteiger partial charge in [0.15, 0.2) is 22.5 Å². The molecule has 0 saturated heterocycles.